The van der Waals surface area contributed by atoms with Crippen LogP contribution in [0.1, 0.15) is 16.7 Å². The third-order valence-corrected chi connectivity index (χ3v) is 3.16. The summed E-state index contributed by atoms with van der Waals surface area (Å²) in [5.41, 5.74) is 5.18. The standard InChI is InChI=1S/C14H19N3O/c1-9-5-6-10(2)11(7-9)13-12(8-15-3)14(18)17(4)16-13/h5-7,15-16H,8H2,1-4H3. The molecule has 0 unspecified atom stereocenters. The molecule has 1 aromatic heterocycles. The molecule has 4 heteroatoms. The van der Waals surface area contributed by atoms with E-state index in [2.05, 4.69) is 42.5 Å². The molecule has 0 aliphatic rings. The molecule has 0 radical (unpaired) electrons. The summed E-state index contributed by atoms with van der Waals surface area (Å²) in [5.74, 6) is 0. The van der Waals surface area contributed by atoms with Gasteiger partial charge in [0.2, 0.25) is 0 Å². The molecule has 96 valence electrons. The van der Waals surface area contributed by atoms with Crippen LogP contribution in [0.15, 0.2) is 23.0 Å². The second-order valence-corrected chi connectivity index (χ2v) is 4.68. The van der Waals surface area contributed by atoms with Crippen LogP contribution < -0.4 is 10.9 Å². The maximum atomic E-state index is 12.0. The average Bonchev–Trinajstić information content (AvgIpc) is 2.61. The molecule has 0 aliphatic heterocycles. The first-order valence-electron chi connectivity index (χ1n) is 6.04. The van der Waals surface area contributed by atoms with Crippen LogP contribution in [0.3, 0.4) is 0 Å². The molecular weight excluding hydrogens is 226 g/mol. The molecule has 2 N–H and O–H groups in total. The maximum Gasteiger partial charge on any atom is 0.271 e. The molecule has 2 aromatic rings. The zero-order valence-corrected chi connectivity index (χ0v) is 11.3. The lowest BCUT2D eigenvalue weighted by Gasteiger charge is -2.07. The first kappa shape index (κ1) is 12.6. The fraction of sp³-hybridized carbons (Fsp3) is 0.357. The van der Waals surface area contributed by atoms with Crippen molar-refractivity contribution in [2.24, 2.45) is 7.05 Å². The van der Waals surface area contributed by atoms with Crippen LogP contribution in [0.4, 0.5) is 0 Å². The van der Waals surface area contributed by atoms with Crippen molar-refractivity contribution >= 4 is 0 Å². The van der Waals surface area contributed by atoms with Crippen LogP contribution in [-0.4, -0.2) is 16.8 Å². The highest BCUT2D eigenvalue weighted by molar-refractivity contribution is 5.67. The molecule has 18 heavy (non-hydrogen) atoms. The van der Waals surface area contributed by atoms with Crippen LogP contribution in [0.2, 0.25) is 0 Å². The number of hydrogen-bond acceptors (Lipinski definition) is 2. The highest BCUT2D eigenvalue weighted by Gasteiger charge is 2.14. The van der Waals surface area contributed by atoms with E-state index in [4.69, 9.17) is 0 Å². The number of rotatable bonds is 3. The van der Waals surface area contributed by atoms with Gasteiger partial charge >= 0.3 is 0 Å². The predicted octanol–water partition coefficient (Wildman–Crippen LogP) is 1.72. The lowest BCUT2D eigenvalue weighted by atomic mass is 10.0. The Morgan fingerprint density at radius 2 is 2.06 bits per heavy atom. The minimum atomic E-state index is 0.0280. The average molecular weight is 245 g/mol. The molecule has 2 rings (SSSR count). The lowest BCUT2D eigenvalue weighted by molar-refractivity contribution is 0.734. The van der Waals surface area contributed by atoms with Gasteiger partial charge < -0.3 is 5.32 Å². The van der Waals surface area contributed by atoms with Crippen molar-refractivity contribution in [3.05, 3.63) is 45.2 Å². The number of aryl methyl sites for hydroxylation is 3. The Balaban J connectivity index is 2.67. The van der Waals surface area contributed by atoms with Gasteiger partial charge in [0.05, 0.1) is 11.3 Å². The molecule has 0 saturated carbocycles. The van der Waals surface area contributed by atoms with E-state index in [1.54, 1.807) is 7.05 Å². The minimum Gasteiger partial charge on any atom is -0.315 e. The Hall–Kier alpha value is -1.81. The van der Waals surface area contributed by atoms with E-state index in [-0.39, 0.29) is 5.56 Å². The molecule has 0 atom stereocenters. The molecule has 4 nitrogen and oxygen atoms in total. The summed E-state index contributed by atoms with van der Waals surface area (Å²) in [6.07, 6.45) is 0. The van der Waals surface area contributed by atoms with E-state index >= 15 is 0 Å². The van der Waals surface area contributed by atoms with Crippen molar-refractivity contribution in [1.82, 2.24) is 15.1 Å². The van der Waals surface area contributed by atoms with Gasteiger partial charge in [-0.15, -0.1) is 0 Å². The minimum absolute atomic E-state index is 0.0280. The van der Waals surface area contributed by atoms with Crippen molar-refractivity contribution in [3.8, 4) is 11.3 Å². The number of nitrogens with one attached hydrogen (secondary N) is 2. The SMILES string of the molecule is CNCc1c(-c2cc(C)ccc2C)[nH]n(C)c1=O. The second-order valence-electron chi connectivity index (χ2n) is 4.68. The van der Waals surface area contributed by atoms with Gasteiger partial charge in [-0.25, -0.2) is 0 Å². The Morgan fingerprint density at radius 1 is 1.33 bits per heavy atom. The topological polar surface area (TPSA) is 49.8 Å². The molecular formula is C14H19N3O. The summed E-state index contributed by atoms with van der Waals surface area (Å²) in [6, 6.07) is 6.27. The van der Waals surface area contributed by atoms with Crippen molar-refractivity contribution in [3.63, 3.8) is 0 Å². The zero-order chi connectivity index (χ0) is 13.3. The van der Waals surface area contributed by atoms with Crippen molar-refractivity contribution in [1.29, 1.82) is 0 Å². The predicted molar refractivity (Wildman–Crippen MR) is 73.7 cm³/mol. The van der Waals surface area contributed by atoms with E-state index in [0.717, 1.165) is 16.8 Å². The van der Waals surface area contributed by atoms with E-state index < -0.39 is 0 Å². The van der Waals surface area contributed by atoms with Crippen LogP contribution in [0.25, 0.3) is 11.3 Å². The molecule has 0 spiro atoms. The first-order valence-corrected chi connectivity index (χ1v) is 6.04. The van der Waals surface area contributed by atoms with Gasteiger partial charge in [0, 0.05) is 19.2 Å². The molecule has 0 saturated heterocycles. The lowest BCUT2D eigenvalue weighted by Crippen LogP contribution is -2.19. The highest BCUT2D eigenvalue weighted by atomic mass is 16.1. The van der Waals surface area contributed by atoms with Crippen LogP contribution in [-0.2, 0) is 13.6 Å². The van der Waals surface area contributed by atoms with Gasteiger partial charge in [0.25, 0.3) is 5.56 Å². The Labute approximate surface area is 107 Å². The summed E-state index contributed by atoms with van der Waals surface area (Å²) in [4.78, 5) is 12.0. The highest BCUT2D eigenvalue weighted by Crippen LogP contribution is 2.24. The monoisotopic (exact) mass is 245 g/mol. The van der Waals surface area contributed by atoms with Gasteiger partial charge in [-0.2, -0.15) is 0 Å². The van der Waals surface area contributed by atoms with Gasteiger partial charge in [-0.05, 0) is 32.5 Å². The summed E-state index contributed by atoms with van der Waals surface area (Å²) in [5, 5.41) is 6.20. The molecule has 1 heterocycles. The molecule has 0 aliphatic carbocycles. The number of aromatic nitrogens is 2. The number of hydrogen-bond donors (Lipinski definition) is 2. The number of nitrogens with zero attached hydrogens (tertiary/aromatic N) is 1. The maximum absolute atomic E-state index is 12.0. The van der Waals surface area contributed by atoms with Crippen molar-refractivity contribution < 1.29 is 0 Å². The molecule has 0 fully saturated rings. The van der Waals surface area contributed by atoms with E-state index in [1.807, 2.05) is 7.05 Å². The van der Waals surface area contributed by atoms with Gasteiger partial charge in [0.1, 0.15) is 0 Å². The quantitative estimate of drug-likeness (QED) is 0.865. The first-order chi connectivity index (χ1) is 8.54. The molecule has 0 bridgehead atoms. The number of H-pyrrole nitrogens is 1. The zero-order valence-electron chi connectivity index (χ0n) is 11.3. The van der Waals surface area contributed by atoms with Gasteiger partial charge in [0.15, 0.2) is 0 Å². The number of aromatic amines is 1. The van der Waals surface area contributed by atoms with Crippen molar-refractivity contribution in [2.45, 2.75) is 20.4 Å². The summed E-state index contributed by atoms with van der Waals surface area (Å²) in [6.45, 7) is 4.68. The third kappa shape index (κ3) is 2.11. The fourth-order valence-electron chi connectivity index (χ4n) is 2.16. The van der Waals surface area contributed by atoms with E-state index in [1.165, 1.54) is 15.8 Å². The van der Waals surface area contributed by atoms with E-state index in [9.17, 15) is 4.79 Å². The van der Waals surface area contributed by atoms with Crippen molar-refractivity contribution in [2.75, 3.05) is 7.05 Å². The Bertz CT molecular complexity index is 622. The molecule has 1 aromatic carbocycles. The second kappa shape index (κ2) is 4.82. The van der Waals surface area contributed by atoms with Gasteiger partial charge in [-0.3, -0.25) is 14.6 Å². The Morgan fingerprint density at radius 3 is 2.72 bits per heavy atom. The summed E-state index contributed by atoms with van der Waals surface area (Å²) in [7, 11) is 3.59. The Kier molecular flexibility index (Phi) is 3.39. The number of benzene rings is 1. The van der Waals surface area contributed by atoms with Crippen LogP contribution in [0.5, 0.6) is 0 Å². The van der Waals surface area contributed by atoms with Crippen LogP contribution >= 0.6 is 0 Å². The van der Waals surface area contributed by atoms with Gasteiger partial charge in [-0.1, -0.05) is 17.7 Å². The summed E-state index contributed by atoms with van der Waals surface area (Å²) >= 11 is 0. The van der Waals surface area contributed by atoms with E-state index in [0.29, 0.717) is 6.54 Å². The molecule has 0 amide bonds. The largest absolute Gasteiger partial charge is 0.315 e. The smallest absolute Gasteiger partial charge is 0.271 e. The normalized spacial score (nSPS) is 10.9. The summed E-state index contributed by atoms with van der Waals surface area (Å²) < 4.78 is 1.53. The fourth-order valence-corrected chi connectivity index (χ4v) is 2.16. The van der Waals surface area contributed by atoms with Crippen LogP contribution in [0, 0.1) is 13.8 Å². The third-order valence-electron chi connectivity index (χ3n) is 3.16.